The van der Waals surface area contributed by atoms with Gasteiger partial charge in [-0.25, -0.2) is 4.79 Å². The number of nitrogens with zero attached hydrogens (tertiary/aromatic N) is 1. The first-order valence-corrected chi connectivity index (χ1v) is 8.87. The molecule has 0 aliphatic carbocycles. The van der Waals surface area contributed by atoms with E-state index in [1.807, 2.05) is 0 Å². The molecule has 0 radical (unpaired) electrons. The lowest BCUT2D eigenvalue weighted by molar-refractivity contribution is 0.0448. The van der Waals surface area contributed by atoms with Gasteiger partial charge in [-0.3, -0.25) is 4.79 Å². The highest BCUT2D eigenvalue weighted by molar-refractivity contribution is 5.98. The predicted octanol–water partition coefficient (Wildman–Crippen LogP) is 2.78. The van der Waals surface area contributed by atoms with Crippen LogP contribution in [0.3, 0.4) is 0 Å². The average Bonchev–Trinajstić information content (AvgIpc) is 3.32. The molecule has 1 aromatic carbocycles. The molecular weight excluding hydrogens is 378 g/mol. The van der Waals surface area contributed by atoms with E-state index in [-0.39, 0.29) is 29.2 Å². The Kier molecular flexibility index (Phi) is 4.54. The second-order valence-electron chi connectivity index (χ2n) is 6.61. The van der Waals surface area contributed by atoms with Crippen molar-refractivity contribution < 1.29 is 28.5 Å². The lowest BCUT2D eigenvalue weighted by atomic mass is 9.98. The number of rotatable bonds is 5. The molecule has 1 atom stereocenters. The van der Waals surface area contributed by atoms with Crippen molar-refractivity contribution in [3.05, 3.63) is 75.1 Å². The van der Waals surface area contributed by atoms with E-state index < -0.39 is 17.6 Å². The van der Waals surface area contributed by atoms with Crippen LogP contribution in [0.5, 0.6) is 17.2 Å². The van der Waals surface area contributed by atoms with Gasteiger partial charge in [0.1, 0.15) is 22.6 Å². The standard InChI is InChI=1S/C21H19NO7/c1-11-9-14(23)17(20(24)22(11)10-12-5-4-8-28-12)18-13-6-7-15(26-2)19(27-3)16(13)21(25)29-18/h4-9,18,23H,10H2,1-3H3/t18-/m1/s1. The second-order valence-corrected chi connectivity index (χ2v) is 6.61. The molecule has 0 amide bonds. The number of carbonyl (C=O) groups is 1. The van der Waals surface area contributed by atoms with Crippen LogP contribution in [0.25, 0.3) is 0 Å². The lowest BCUT2D eigenvalue weighted by Crippen LogP contribution is -2.28. The number of esters is 1. The molecule has 1 aliphatic rings. The number of aryl methyl sites for hydroxylation is 1. The van der Waals surface area contributed by atoms with Gasteiger partial charge in [-0.05, 0) is 31.2 Å². The van der Waals surface area contributed by atoms with Crippen LogP contribution in [0.15, 0.2) is 45.8 Å². The van der Waals surface area contributed by atoms with Crippen LogP contribution in [0.4, 0.5) is 0 Å². The molecule has 0 fully saturated rings. The fourth-order valence-electron chi connectivity index (χ4n) is 3.59. The third-order valence-electron chi connectivity index (χ3n) is 4.97. The van der Waals surface area contributed by atoms with E-state index in [1.54, 1.807) is 31.2 Å². The first kappa shape index (κ1) is 18.7. The van der Waals surface area contributed by atoms with E-state index in [4.69, 9.17) is 18.6 Å². The number of carbonyl (C=O) groups excluding carboxylic acids is 1. The normalized spacial score (nSPS) is 15.1. The average molecular weight is 397 g/mol. The number of ether oxygens (including phenoxy) is 3. The van der Waals surface area contributed by atoms with Crippen LogP contribution in [0.1, 0.15) is 39.0 Å². The zero-order valence-corrected chi connectivity index (χ0v) is 16.1. The van der Waals surface area contributed by atoms with E-state index in [0.29, 0.717) is 22.8 Å². The van der Waals surface area contributed by atoms with Gasteiger partial charge in [0.15, 0.2) is 17.6 Å². The molecule has 29 heavy (non-hydrogen) atoms. The molecule has 8 nitrogen and oxygen atoms in total. The maximum Gasteiger partial charge on any atom is 0.343 e. The summed E-state index contributed by atoms with van der Waals surface area (Å²) < 4.78 is 22.8. The Hall–Kier alpha value is -3.68. The molecule has 3 aromatic rings. The number of benzene rings is 1. The van der Waals surface area contributed by atoms with Crippen LogP contribution in [0.2, 0.25) is 0 Å². The molecular formula is C21H19NO7. The quantitative estimate of drug-likeness (QED) is 0.661. The fraction of sp³-hybridized carbons (Fsp3) is 0.238. The lowest BCUT2D eigenvalue weighted by Gasteiger charge is -2.17. The van der Waals surface area contributed by atoms with Gasteiger partial charge in [0, 0.05) is 11.3 Å². The number of pyridine rings is 1. The van der Waals surface area contributed by atoms with Gasteiger partial charge in [-0.2, -0.15) is 0 Å². The van der Waals surface area contributed by atoms with Crippen LogP contribution < -0.4 is 15.0 Å². The van der Waals surface area contributed by atoms with E-state index in [2.05, 4.69) is 0 Å². The topological polar surface area (TPSA) is 100 Å². The molecule has 3 heterocycles. The highest BCUT2D eigenvalue weighted by atomic mass is 16.6. The number of hydrogen-bond acceptors (Lipinski definition) is 7. The smallest absolute Gasteiger partial charge is 0.343 e. The Balaban J connectivity index is 1.87. The minimum atomic E-state index is -1.06. The molecule has 0 unspecified atom stereocenters. The minimum Gasteiger partial charge on any atom is -0.507 e. The number of furan rings is 1. The number of hydrogen-bond donors (Lipinski definition) is 1. The maximum absolute atomic E-state index is 13.2. The van der Waals surface area contributed by atoms with Crippen molar-refractivity contribution in [3.63, 3.8) is 0 Å². The monoisotopic (exact) mass is 397 g/mol. The van der Waals surface area contributed by atoms with Crippen LogP contribution in [-0.4, -0.2) is 29.9 Å². The SMILES string of the molecule is COc1ccc2c(c1OC)C(=O)O[C@H]2c1c(O)cc(C)n(Cc2ccco2)c1=O. The fourth-order valence-corrected chi connectivity index (χ4v) is 3.59. The third-order valence-corrected chi connectivity index (χ3v) is 4.97. The summed E-state index contributed by atoms with van der Waals surface area (Å²) in [6.07, 6.45) is 0.458. The Morgan fingerprint density at radius 3 is 2.62 bits per heavy atom. The Morgan fingerprint density at radius 1 is 1.17 bits per heavy atom. The summed E-state index contributed by atoms with van der Waals surface area (Å²) in [7, 11) is 2.87. The third kappa shape index (κ3) is 2.93. The predicted molar refractivity (Wildman–Crippen MR) is 102 cm³/mol. The summed E-state index contributed by atoms with van der Waals surface area (Å²) in [5.74, 6) is 0.274. The summed E-state index contributed by atoms with van der Waals surface area (Å²) >= 11 is 0. The molecule has 0 saturated carbocycles. The summed E-state index contributed by atoms with van der Waals surface area (Å²) in [5.41, 5.74) is 0.646. The highest BCUT2D eigenvalue weighted by Crippen LogP contribution is 2.45. The molecule has 8 heteroatoms. The van der Waals surface area contributed by atoms with E-state index >= 15 is 0 Å². The molecule has 0 saturated heterocycles. The van der Waals surface area contributed by atoms with Crippen molar-refractivity contribution in [3.8, 4) is 17.2 Å². The number of aromatic nitrogens is 1. The molecule has 150 valence electrons. The largest absolute Gasteiger partial charge is 0.507 e. The molecule has 0 spiro atoms. The van der Waals surface area contributed by atoms with Crippen LogP contribution >= 0.6 is 0 Å². The van der Waals surface area contributed by atoms with E-state index in [9.17, 15) is 14.7 Å². The Morgan fingerprint density at radius 2 is 1.97 bits per heavy atom. The summed E-state index contributed by atoms with van der Waals surface area (Å²) in [5, 5.41) is 10.5. The van der Waals surface area contributed by atoms with Crippen LogP contribution in [0, 0.1) is 6.92 Å². The Labute approximate surface area is 165 Å². The molecule has 1 aliphatic heterocycles. The van der Waals surface area contributed by atoms with Gasteiger partial charge in [0.2, 0.25) is 0 Å². The summed E-state index contributed by atoms with van der Waals surface area (Å²) in [6.45, 7) is 1.89. The van der Waals surface area contributed by atoms with Crippen molar-refractivity contribution >= 4 is 5.97 Å². The van der Waals surface area contributed by atoms with Gasteiger partial charge in [-0.1, -0.05) is 6.07 Å². The van der Waals surface area contributed by atoms with Gasteiger partial charge >= 0.3 is 5.97 Å². The van der Waals surface area contributed by atoms with Gasteiger partial charge in [-0.15, -0.1) is 0 Å². The van der Waals surface area contributed by atoms with E-state index in [0.717, 1.165) is 0 Å². The van der Waals surface area contributed by atoms with Gasteiger partial charge in [0.25, 0.3) is 5.56 Å². The number of cyclic esters (lactones) is 1. The first-order valence-electron chi connectivity index (χ1n) is 8.87. The number of fused-ring (bicyclic) bond motifs is 1. The second kappa shape index (κ2) is 7.05. The van der Waals surface area contributed by atoms with Crippen molar-refractivity contribution in [1.29, 1.82) is 0 Å². The Bertz CT molecular complexity index is 1140. The summed E-state index contributed by atoms with van der Waals surface area (Å²) in [6, 6.07) is 8.19. The van der Waals surface area contributed by atoms with Crippen molar-refractivity contribution in [2.45, 2.75) is 19.6 Å². The van der Waals surface area contributed by atoms with Crippen molar-refractivity contribution in [1.82, 2.24) is 4.57 Å². The number of aromatic hydroxyl groups is 1. The molecule has 2 aromatic heterocycles. The zero-order valence-electron chi connectivity index (χ0n) is 16.1. The first-order chi connectivity index (χ1) is 14.0. The summed E-state index contributed by atoms with van der Waals surface area (Å²) in [4.78, 5) is 25.8. The zero-order chi connectivity index (χ0) is 20.7. The molecule has 1 N–H and O–H groups in total. The minimum absolute atomic E-state index is 0.0264. The van der Waals surface area contributed by atoms with Gasteiger partial charge in [0.05, 0.1) is 27.0 Å². The van der Waals surface area contributed by atoms with Crippen molar-refractivity contribution in [2.24, 2.45) is 0 Å². The maximum atomic E-state index is 13.2. The molecule has 4 rings (SSSR count). The number of methoxy groups -OCH3 is 2. The van der Waals surface area contributed by atoms with Crippen molar-refractivity contribution in [2.75, 3.05) is 14.2 Å². The molecule has 0 bridgehead atoms. The highest BCUT2D eigenvalue weighted by Gasteiger charge is 2.39. The van der Waals surface area contributed by atoms with Crippen LogP contribution in [-0.2, 0) is 11.3 Å². The van der Waals surface area contributed by atoms with E-state index in [1.165, 1.54) is 31.1 Å². The van der Waals surface area contributed by atoms with Gasteiger partial charge < -0.3 is 28.3 Å².